The number of carbonyl (C=O) groups excluding carboxylic acids is 2. The maximum Gasteiger partial charge on any atom is 0.410 e. The van der Waals surface area contributed by atoms with Crippen molar-refractivity contribution in [1.29, 1.82) is 0 Å². The number of carbonyl (C=O) groups is 2. The highest BCUT2D eigenvalue weighted by Crippen LogP contribution is 2.21. The fraction of sp³-hybridized carbons (Fsp3) is 0.467. The molecule has 0 unspecified atom stereocenters. The third kappa shape index (κ3) is 4.03. The first kappa shape index (κ1) is 15.5. The van der Waals surface area contributed by atoms with Crippen LogP contribution >= 0.6 is 0 Å². The van der Waals surface area contributed by atoms with Gasteiger partial charge in [-0.05, 0) is 12.0 Å². The number of aldehydes is 1. The van der Waals surface area contributed by atoms with Crippen molar-refractivity contribution in [3.05, 3.63) is 35.9 Å². The standard InChI is InChI=1S/C15H19NO5/c1-19-11-21-14-7-8-16(13(14)9-17)15(18)20-10-12-5-3-2-4-6-12/h2-6,9,13-14H,7-8,10-11H2,1H3/t13-,14-/m0/s1. The van der Waals surface area contributed by atoms with Crippen LogP contribution in [0.1, 0.15) is 12.0 Å². The van der Waals surface area contributed by atoms with Crippen molar-refractivity contribution in [2.24, 2.45) is 0 Å². The molecule has 0 aliphatic carbocycles. The number of amides is 1. The van der Waals surface area contributed by atoms with E-state index in [-0.39, 0.29) is 19.5 Å². The van der Waals surface area contributed by atoms with E-state index in [1.165, 1.54) is 12.0 Å². The Balaban J connectivity index is 1.88. The van der Waals surface area contributed by atoms with Crippen molar-refractivity contribution >= 4 is 12.4 Å². The Hall–Kier alpha value is -1.92. The molecule has 1 fully saturated rings. The van der Waals surface area contributed by atoms with Gasteiger partial charge in [0.15, 0.2) is 0 Å². The van der Waals surface area contributed by atoms with E-state index in [0.29, 0.717) is 13.0 Å². The van der Waals surface area contributed by atoms with Crippen LogP contribution in [0.4, 0.5) is 4.79 Å². The molecule has 2 rings (SSSR count). The highest BCUT2D eigenvalue weighted by atomic mass is 16.7. The Morgan fingerprint density at radius 1 is 1.38 bits per heavy atom. The first-order valence-corrected chi connectivity index (χ1v) is 6.79. The Morgan fingerprint density at radius 3 is 2.81 bits per heavy atom. The molecule has 0 bridgehead atoms. The van der Waals surface area contributed by atoms with Gasteiger partial charge in [0, 0.05) is 13.7 Å². The number of methoxy groups -OCH3 is 1. The van der Waals surface area contributed by atoms with Crippen molar-refractivity contribution in [2.75, 3.05) is 20.4 Å². The molecule has 21 heavy (non-hydrogen) atoms. The minimum Gasteiger partial charge on any atom is -0.445 e. The lowest BCUT2D eigenvalue weighted by Gasteiger charge is -2.22. The summed E-state index contributed by atoms with van der Waals surface area (Å²) >= 11 is 0. The lowest BCUT2D eigenvalue weighted by atomic mass is 10.2. The molecule has 0 spiro atoms. The van der Waals surface area contributed by atoms with Crippen LogP contribution in [0.5, 0.6) is 0 Å². The second-order valence-corrected chi connectivity index (χ2v) is 4.76. The molecule has 2 atom stereocenters. The summed E-state index contributed by atoms with van der Waals surface area (Å²) in [6.45, 7) is 0.721. The van der Waals surface area contributed by atoms with Crippen molar-refractivity contribution in [3.8, 4) is 0 Å². The largest absolute Gasteiger partial charge is 0.445 e. The van der Waals surface area contributed by atoms with Gasteiger partial charge in [-0.15, -0.1) is 0 Å². The SMILES string of the molecule is COCO[C@H]1CCN(C(=O)OCc2ccccc2)[C@H]1C=O. The molecule has 114 valence electrons. The van der Waals surface area contributed by atoms with Gasteiger partial charge in [-0.3, -0.25) is 4.90 Å². The minimum absolute atomic E-state index is 0.0991. The van der Waals surface area contributed by atoms with Crippen LogP contribution in [0.15, 0.2) is 30.3 Å². The van der Waals surface area contributed by atoms with Crippen LogP contribution < -0.4 is 0 Å². The summed E-state index contributed by atoms with van der Waals surface area (Å²) in [4.78, 5) is 24.7. The van der Waals surface area contributed by atoms with Gasteiger partial charge in [-0.25, -0.2) is 4.79 Å². The van der Waals surface area contributed by atoms with E-state index >= 15 is 0 Å². The summed E-state index contributed by atoms with van der Waals surface area (Å²) in [7, 11) is 1.51. The van der Waals surface area contributed by atoms with Crippen LogP contribution in [0.3, 0.4) is 0 Å². The molecule has 6 heteroatoms. The first-order chi connectivity index (χ1) is 10.3. The molecular formula is C15H19NO5. The van der Waals surface area contributed by atoms with Gasteiger partial charge in [-0.2, -0.15) is 0 Å². The lowest BCUT2D eigenvalue weighted by Crippen LogP contribution is -2.41. The van der Waals surface area contributed by atoms with E-state index in [2.05, 4.69) is 0 Å². The van der Waals surface area contributed by atoms with Crippen LogP contribution in [0.25, 0.3) is 0 Å². The maximum absolute atomic E-state index is 12.1. The van der Waals surface area contributed by atoms with Crippen molar-refractivity contribution < 1.29 is 23.8 Å². The second-order valence-electron chi connectivity index (χ2n) is 4.76. The molecule has 1 aromatic carbocycles. The maximum atomic E-state index is 12.1. The fourth-order valence-corrected chi connectivity index (χ4v) is 2.30. The number of ether oxygens (including phenoxy) is 3. The molecule has 0 aromatic heterocycles. The molecule has 1 aromatic rings. The van der Waals surface area contributed by atoms with Crippen LogP contribution in [0, 0.1) is 0 Å². The molecule has 0 saturated carbocycles. The Labute approximate surface area is 123 Å². The zero-order chi connectivity index (χ0) is 15.1. The predicted molar refractivity (Wildman–Crippen MR) is 74.6 cm³/mol. The topological polar surface area (TPSA) is 65.1 Å². The van der Waals surface area contributed by atoms with E-state index in [0.717, 1.165) is 11.8 Å². The molecule has 1 aliphatic rings. The number of rotatable bonds is 6. The number of hydrogen-bond acceptors (Lipinski definition) is 5. The zero-order valence-electron chi connectivity index (χ0n) is 11.9. The summed E-state index contributed by atoms with van der Waals surface area (Å²) in [5, 5.41) is 0. The fourth-order valence-electron chi connectivity index (χ4n) is 2.30. The van der Waals surface area contributed by atoms with Gasteiger partial charge in [0.2, 0.25) is 0 Å². The number of nitrogens with zero attached hydrogens (tertiary/aromatic N) is 1. The zero-order valence-corrected chi connectivity index (χ0v) is 11.9. The quantitative estimate of drug-likeness (QED) is 0.588. The molecule has 1 amide bonds. The van der Waals surface area contributed by atoms with Crippen molar-refractivity contribution in [2.45, 2.75) is 25.2 Å². The molecular weight excluding hydrogens is 274 g/mol. The van der Waals surface area contributed by atoms with Crippen LogP contribution in [-0.2, 0) is 25.6 Å². The van der Waals surface area contributed by atoms with Gasteiger partial charge < -0.3 is 19.0 Å². The lowest BCUT2D eigenvalue weighted by molar-refractivity contribution is -0.120. The average molecular weight is 293 g/mol. The smallest absolute Gasteiger partial charge is 0.410 e. The summed E-state index contributed by atoms with van der Waals surface area (Å²) in [5.41, 5.74) is 0.903. The van der Waals surface area contributed by atoms with E-state index in [1.54, 1.807) is 0 Å². The van der Waals surface area contributed by atoms with Gasteiger partial charge in [0.1, 0.15) is 25.7 Å². The number of benzene rings is 1. The van der Waals surface area contributed by atoms with E-state index < -0.39 is 12.1 Å². The van der Waals surface area contributed by atoms with Crippen LogP contribution in [-0.4, -0.2) is 49.9 Å². The average Bonchev–Trinajstić information content (AvgIpc) is 2.94. The number of likely N-dealkylation sites (tertiary alicyclic amines) is 1. The normalized spacial score (nSPS) is 21.3. The molecule has 6 nitrogen and oxygen atoms in total. The Bertz CT molecular complexity index is 464. The summed E-state index contributed by atoms with van der Waals surface area (Å²) in [5.74, 6) is 0. The Kier molecular flexibility index (Phi) is 5.71. The monoisotopic (exact) mass is 293 g/mol. The predicted octanol–water partition coefficient (Wildman–Crippen LogP) is 1.59. The minimum atomic E-state index is -0.622. The molecule has 0 N–H and O–H groups in total. The van der Waals surface area contributed by atoms with E-state index in [9.17, 15) is 9.59 Å². The highest BCUT2D eigenvalue weighted by Gasteiger charge is 2.38. The number of hydrogen-bond donors (Lipinski definition) is 0. The van der Waals surface area contributed by atoms with E-state index in [4.69, 9.17) is 14.2 Å². The Morgan fingerprint density at radius 2 is 2.14 bits per heavy atom. The van der Waals surface area contributed by atoms with Crippen molar-refractivity contribution in [1.82, 2.24) is 4.90 Å². The summed E-state index contributed by atoms with van der Waals surface area (Å²) in [6.07, 6.45) is 0.468. The molecule has 1 saturated heterocycles. The van der Waals surface area contributed by atoms with Gasteiger partial charge >= 0.3 is 6.09 Å². The third-order valence-electron chi connectivity index (χ3n) is 3.37. The van der Waals surface area contributed by atoms with Gasteiger partial charge in [0.05, 0.1) is 6.10 Å². The van der Waals surface area contributed by atoms with E-state index in [1.807, 2.05) is 30.3 Å². The van der Waals surface area contributed by atoms with Crippen molar-refractivity contribution in [3.63, 3.8) is 0 Å². The first-order valence-electron chi connectivity index (χ1n) is 6.79. The third-order valence-corrected chi connectivity index (χ3v) is 3.37. The summed E-state index contributed by atoms with van der Waals surface area (Å²) in [6, 6.07) is 8.77. The molecule has 0 radical (unpaired) electrons. The second kappa shape index (κ2) is 7.75. The van der Waals surface area contributed by atoms with Crippen LogP contribution in [0.2, 0.25) is 0 Å². The highest BCUT2D eigenvalue weighted by molar-refractivity contribution is 5.74. The molecule has 1 aliphatic heterocycles. The van der Waals surface area contributed by atoms with Gasteiger partial charge in [-0.1, -0.05) is 30.3 Å². The van der Waals surface area contributed by atoms with Gasteiger partial charge in [0.25, 0.3) is 0 Å². The summed E-state index contributed by atoms with van der Waals surface area (Å²) < 4.78 is 15.5. The molecule has 1 heterocycles.